The van der Waals surface area contributed by atoms with Crippen LogP contribution in [-0.2, 0) is 9.53 Å². The van der Waals surface area contributed by atoms with Crippen LogP contribution in [0.3, 0.4) is 0 Å². The fraction of sp³-hybridized carbons (Fsp3) is 0.941. The molecular weight excluding hydrogens is 264 g/mol. The number of ether oxygens (including phenoxy) is 1. The summed E-state index contributed by atoms with van der Waals surface area (Å²) in [5.41, 5.74) is 0. The third kappa shape index (κ3) is 3.59. The zero-order valence-electron chi connectivity index (χ0n) is 13.3. The van der Waals surface area contributed by atoms with Crippen LogP contribution in [0.25, 0.3) is 0 Å². The molecule has 1 heterocycles. The van der Waals surface area contributed by atoms with Gasteiger partial charge in [0.2, 0.25) is 5.91 Å². The molecule has 3 aliphatic rings. The van der Waals surface area contributed by atoms with Crippen molar-refractivity contribution in [3.05, 3.63) is 0 Å². The minimum atomic E-state index is 0.0668. The molecule has 120 valence electrons. The topological polar surface area (TPSA) is 50.4 Å². The van der Waals surface area contributed by atoms with Crippen molar-refractivity contribution in [3.63, 3.8) is 0 Å². The zero-order chi connectivity index (χ0) is 14.7. The van der Waals surface area contributed by atoms with Crippen LogP contribution in [-0.4, -0.2) is 38.3 Å². The Bertz CT molecular complexity index is 353. The molecule has 3 fully saturated rings. The smallest absolute Gasteiger partial charge is 0.237 e. The fourth-order valence-corrected chi connectivity index (χ4v) is 4.51. The van der Waals surface area contributed by atoms with E-state index in [1.54, 1.807) is 7.11 Å². The van der Waals surface area contributed by atoms with Crippen molar-refractivity contribution in [1.29, 1.82) is 0 Å². The number of fused-ring (bicyclic) bond motifs is 1. The summed E-state index contributed by atoms with van der Waals surface area (Å²) in [5, 5.41) is 6.64. The molecule has 21 heavy (non-hydrogen) atoms. The second-order valence-electron chi connectivity index (χ2n) is 7.20. The van der Waals surface area contributed by atoms with E-state index < -0.39 is 0 Å². The van der Waals surface area contributed by atoms with Gasteiger partial charge in [-0.15, -0.1) is 0 Å². The molecule has 1 amide bonds. The van der Waals surface area contributed by atoms with Crippen LogP contribution in [0.1, 0.15) is 51.4 Å². The summed E-state index contributed by atoms with van der Waals surface area (Å²) < 4.78 is 5.30. The Labute approximate surface area is 128 Å². The van der Waals surface area contributed by atoms with Crippen LogP contribution in [0.15, 0.2) is 0 Å². The maximum Gasteiger partial charge on any atom is 0.237 e. The summed E-state index contributed by atoms with van der Waals surface area (Å²) in [7, 11) is 1.79. The average Bonchev–Trinajstić information content (AvgIpc) is 2.48. The lowest BCUT2D eigenvalue weighted by Crippen LogP contribution is -2.55. The number of piperidine rings is 1. The summed E-state index contributed by atoms with van der Waals surface area (Å²) in [5.74, 6) is 2.35. The highest BCUT2D eigenvalue weighted by Gasteiger charge is 2.38. The van der Waals surface area contributed by atoms with E-state index in [1.807, 2.05) is 0 Å². The van der Waals surface area contributed by atoms with Crippen LogP contribution in [0.4, 0.5) is 0 Å². The first-order chi connectivity index (χ1) is 10.3. The summed E-state index contributed by atoms with van der Waals surface area (Å²) in [4.78, 5) is 12.5. The molecule has 0 spiro atoms. The van der Waals surface area contributed by atoms with Crippen LogP contribution in [0, 0.1) is 17.8 Å². The van der Waals surface area contributed by atoms with Gasteiger partial charge in [-0.1, -0.05) is 19.3 Å². The first-order valence-electron chi connectivity index (χ1n) is 8.82. The second kappa shape index (κ2) is 7.10. The quantitative estimate of drug-likeness (QED) is 0.816. The molecule has 2 N–H and O–H groups in total. The van der Waals surface area contributed by atoms with Gasteiger partial charge in [0.05, 0.1) is 12.1 Å². The van der Waals surface area contributed by atoms with E-state index in [-0.39, 0.29) is 11.9 Å². The van der Waals surface area contributed by atoms with Gasteiger partial charge in [-0.05, 0) is 56.4 Å². The van der Waals surface area contributed by atoms with Crippen LogP contribution in [0.5, 0.6) is 0 Å². The predicted octanol–water partition coefficient (Wildman–Crippen LogP) is 2.09. The lowest BCUT2D eigenvalue weighted by molar-refractivity contribution is -0.126. The van der Waals surface area contributed by atoms with Crippen LogP contribution in [0.2, 0.25) is 0 Å². The molecule has 2 saturated carbocycles. The molecule has 3 unspecified atom stereocenters. The van der Waals surface area contributed by atoms with Crippen molar-refractivity contribution in [2.75, 3.05) is 20.2 Å². The van der Waals surface area contributed by atoms with E-state index >= 15 is 0 Å². The van der Waals surface area contributed by atoms with Crippen molar-refractivity contribution in [3.8, 4) is 0 Å². The predicted molar refractivity (Wildman–Crippen MR) is 83.0 cm³/mol. The standard InChI is InChI=1S/C17H30N2O2/c1-21-14-10-12(11-14)6-8-19-17(20)16-15-5-3-2-4-13(15)7-9-18-16/h12-16,18H,2-11H2,1H3,(H,19,20). The van der Waals surface area contributed by atoms with Crippen molar-refractivity contribution in [1.82, 2.24) is 10.6 Å². The molecule has 3 atom stereocenters. The van der Waals surface area contributed by atoms with Crippen LogP contribution < -0.4 is 10.6 Å². The molecule has 4 heteroatoms. The van der Waals surface area contributed by atoms with Gasteiger partial charge >= 0.3 is 0 Å². The lowest BCUT2D eigenvalue weighted by Gasteiger charge is -2.41. The maximum absolute atomic E-state index is 12.5. The maximum atomic E-state index is 12.5. The number of nitrogens with one attached hydrogen (secondary N) is 2. The molecule has 1 aliphatic heterocycles. The highest BCUT2D eigenvalue weighted by Crippen LogP contribution is 2.37. The van der Waals surface area contributed by atoms with Crippen molar-refractivity contribution < 1.29 is 9.53 Å². The van der Waals surface area contributed by atoms with Gasteiger partial charge in [0, 0.05) is 13.7 Å². The highest BCUT2D eigenvalue weighted by molar-refractivity contribution is 5.82. The summed E-state index contributed by atoms with van der Waals surface area (Å²) >= 11 is 0. The number of amides is 1. The Kier molecular flexibility index (Phi) is 5.17. The van der Waals surface area contributed by atoms with E-state index in [1.165, 1.54) is 44.9 Å². The van der Waals surface area contributed by atoms with Gasteiger partial charge in [0.1, 0.15) is 0 Å². The molecular formula is C17H30N2O2. The van der Waals surface area contributed by atoms with Crippen molar-refractivity contribution in [2.24, 2.45) is 17.8 Å². The number of carbonyl (C=O) groups excluding carboxylic acids is 1. The number of hydrogen-bond donors (Lipinski definition) is 2. The first-order valence-corrected chi connectivity index (χ1v) is 8.82. The average molecular weight is 294 g/mol. The van der Waals surface area contributed by atoms with Gasteiger partial charge in [0.15, 0.2) is 0 Å². The summed E-state index contributed by atoms with van der Waals surface area (Å²) in [6, 6.07) is 0.0668. The van der Waals surface area contributed by atoms with E-state index in [4.69, 9.17) is 4.74 Å². The monoisotopic (exact) mass is 294 g/mol. The van der Waals surface area contributed by atoms with E-state index in [9.17, 15) is 4.79 Å². The third-order valence-corrected chi connectivity index (χ3v) is 5.94. The molecule has 2 aliphatic carbocycles. The Hall–Kier alpha value is -0.610. The SMILES string of the molecule is COC1CC(CCNC(=O)C2NCCC3CCCCC32)C1. The van der Waals surface area contributed by atoms with E-state index in [0.717, 1.165) is 31.3 Å². The van der Waals surface area contributed by atoms with Gasteiger partial charge in [-0.3, -0.25) is 4.79 Å². The first kappa shape index (κ1) is 15.3. The summed E-state index contributed by atoms with van der Waals surface area (Å²) in [6.07, 6.45) is 10.4. The molecule has 0 bridgehead atoms. The number of hydrogen-bond acceptors (Lipinski definition) is 3. The van der Waals surface area contributed by atoms with E-state index in [0.29, 0.717) is 12.0 Å². The minimum Gasteiger partial charge on any atom is -0.381 e. The Morgan fingerprint density at radius 3 is 2.86 bits per heavy atom. The van der Waals surface area contributed by atoms with E-state index in [2.05, 4.69) is 10.6 Å². The highest BCUT2D eigenvalue weighted by atomic mass is 16.5. The van der Waals surface area contributed by atoms with Gasteiger partial charge in [-0.25, -0.2) is 0 Å². The van der Waals surface area contributed by atoms with Gasteiger partial charge in [0.25, 0.3) is 0 Å². The van der Waals surface area contributed by atoms with Crippen molar-refractivity contribution in [2.45, 2.75) is 63.5 Å². The Morgan fingerprint density at radius 1 is 1.24 bits per heavy atom. The van der Waals surface area contributed by atoms with Crippen molar-refractivity contribution >= 4 is 5.91 Å². The molecule has 4 nitrogen and oxygen atoms in total. The largest absolute Gasteiger partial charge is 0.381 e. The molecule has 0 aromatic rings. The van der Waals surface area contributed by atoms with Crippen LogP contribution >= 0.6 is 0 Å². The van der Waals surface area contributed by atoms with Gasteiger partial charge in [-0.2, -0.15) is 0 Å². The normalized spacial score (nSPS) is 39.2. The van der Waals surface area contributed by atoms with Gasteiger partial charge < -0.3 is 15.4 Å². The number of methoxy groups -OCH3 is 1. The Balaban J connectivity index is 1.40. The molecule has 0 aromatic carbocycles. The third-order valence-electron chi connectivity index (χ3n) is 5.94. The summed E-state index contributed by atoms with van der Waals surface area (Å²) in [6.45, 7) is 1.84. The minimum absolute atomic E-state index is 0.0668. The number of carbonyl (C=O) groups is 1. The Morgan fingerprint density at radius 2 is 2.05 bits per heavy atom. The second-order valence-corrected chi connectivity index (χ2v) is 7.20. The molecule has 1 saturated heterocycles. The molecule has 0 radical (unpaired) electrons. The lowest BCUT2D eigenvalue weighted by atomic mass is 9.71. The zero-order valence-corrected chi connectivity index (χ0v) is 13.3. The molecule has 0 aromatic heterocycles. The fourth-order valence-electron chi connectivity index (χ4n) is 4.51. The number of rotatable bonds is 5. The molecule has 3 rings (SSSR count).